The molecule has 0 unspecified atom stereocenters. The largest absolute Gasteiger partial charge is 0.492 e. The minimum absolute atomic E-state index is 0.164. The van der Waals surface area contributed by atoms with Crippen LogP contribution in [0.4, 0.5) is 0 Å². The highest BCUT2D eigenvalue weighted by atomic mass is 35.5. The second kappa shape index (κ2) is 9.56. The molecule has 0 radical (unpaired) electrons. The van der Waals surface area contributed by atoms with E-state index in [0.29, 0.717) is 23.6 Å². The van der Waals surface area contributed by atoms with Gasteiger partial charge in [0.2, 0.25) is 0 Å². The predicted molar refractivity (Wildman–Crippen MR) is 108 cm³/mol. The number of ether oxygens (including phenoxy) is 2. The predicted octanol–water partition coefficient (Wildman–Crippen LogP) is 2.75. The summed E-state index contributed by atoms with van der Waals surface area (Å²) >= 11 is 5.99. The van der Waals surface area contributed by atoms with Gasteiger partial charge in [0.1, 0.15) is 12.4 Å². The van der Waals surface area contributed by atoms with Gasteiger partial charge in [0.05, 0.1) is 12.0 Å². The van der Waals surface area contributed by atoms with Crippen molar-refractivity contribution < 1.29 is 23.9 Å². The molecule has 1 aliphatic rings. The molecule has 1 aliphatic heterocycles. The molecule has 1 amide bonds. The number of fused-ring (bicyclic) bond motifs is 1. The molecule has 7 heteroatoms. The topological polar surface area (TPSA) is 81.7 Å². The molecular formula is C22H22ClNO5. The first-order chi connectivity index (χ1) is 13.9. The van der Waals surface area contributed by atoms with Crippen LogP contribution in [0.3, 0.4) is 0 Å². The van der Waals surface area contributed by atoms with Gasteiger partial charge in [-0.15, -0.1) is 0 Å². The molecule has 1 heterocycles. The Hall–Kier alpha value is -2.86. The van der Waals surface area contributed by atoms with Crippen molar-refractivity contribution in [2.24, 2.45) is 5.92 Å². The molecule has 152 valence electrons. The van der Waals surface area contributed by atoms with Gasteiger partial charge in [-0.05, 0) is 49.1 Å². The lowest BCUT2D eigenvalue weighted by Gasteiger charge is -2.24. The number of nitrogens with one attached hydrogen (secondary N) is 1. The van der Waals surface area contributed by atoms with Gasteiger partial charge < -0.3 is 14.8 Å². The van der Waals surface area contributed by atoms with E-state index in [9.17, 15) is 14.4 Å². The number of carbonyl (C=O) groups is 3. The van der Waals surface area contributed by atoms with Crippen LogP contribution in [0.15, 0.2) is 48.5 Å². The first-order valence-electron chi connectivity index (χ1n) is 9.34. The van der Waals surface area contributed by atoms with Crippen molar-refractivity contribution in [1.82, 2.24) is 5.32 Å². The first kappa shape index (κ1) is 20.9. The lowest BCUT2D eigenvalue weighted by atomic mass is 9.97. The van der Waals surface area contributed by atoms with Crippen LogP contribution in [0.25, 0.3) is 0 Å². The average Bonchev–Trinajstić information content (AvgIpc) is 2.71. The highest BCUT2D eigenvalue weighted by molar-refractivity contribution is 6.30. The van der Waals surface area contributed by atoms with Gasteiger partial charge in [-0.3, -0.25) is 14.4 Å². The molecule has 29 heavy (non-hydrogen) atoms. The minimum Gasteiger partial charge on any atom is -0.492 e. The van der Waals surface area contributed by atoms with E-state index in [1.165, 1.54) is 6.92 Å². The summed E-state index contributed by atoms with van der Waals surface area (Å²) in [5.41, 5.74) is 1.76. The van der Waals surface area contributed by atoms with E-state index in [2.05, 4.69) is 5.32 Å². The number of Topliss-reactive ketones (excluding diaryl/α,β-unsaturated/α-hetero) is 1. The number of carbonyl (C=O) groups excluding carboxylic acids is 3. The Morgan fingerprint density at radius 1 is 1.21 bits per heavy atom. The third-order valence-corrected chi connectivity index (χ3v) is 4.95. The van der Waals surface area contributed by atoms with Gasteiger partial charge in [-0.1, -0.05) is 41.9 Å². The molecular weight excluding hydrogens is 394 g/mol. The van der Waals surface area contributed by atoms with Crippen molar-refractivity contribution in [2.75, 3.05) is 13.2 Å². The first-order valence-corrected chi connectivity index (χ1v) is 9.72. The number of ketones is 1. The van der Waals surface area contributed by atoms with E-state index in [4.69, 9.17) is 21.1 Å². The number of rotatable bonds is 7. The van der Waals surface area contributed by atoms with Gasteiger partial charge in [-0.2, -0.15) is 0 Å². The summed E-state index contributed by atoms with van der Waals surface area (Å²) in [6.45, 7) is 1.15. The van der Waals surface area contributed by atoms with Crippen molar-refractivity contribution in [3.05, 3.63) is 64.7 Å². The fraction of sp³-hybridized carbons (Fsp3) is 0.318. The Balaban J connectivity index is 1.50. The summed E-state index contributed by atoms with van der Waals surface area (Å²) in [6.07, 6.45) is 0.810. The SMILES string of the molecule is CC(=O)[C@@H](Cc1ccccc1)NC(=O)COC(=O)[C@@H]1COc2ccc(Cl)cc2C1. The van der Waals surface area contributed by atoms with E-state index >= 15 is 0 Å². The number of benzene rings is 2. The van der Waals surface area contributed by atoms with Crippen LogP contribution in [-0.4, -0.2) is 36.9 Å². The van der Waals surface area contributed by atoms with E-state index in [1.54, 1.807) is 18.2 Å². The highest BCUT2D eigenvalue weighted by Crippen LogP contribution is 2.30. The second-order valence-corrected chi connectivity index (χ2v) is 7.43. The molecule has 3 rings (SSSR count). The van der Waals surface area contributed by atoms with Crippen molar-refractivity contribution in [3.63, 3.8) is 0 Å². The zero-order valence-electron chi connectivity index (χ0n) is 16.0. The van der Waals surface area contributed by atoms with Gasteiger partial charge in [0, 0.05) is 5.02 Å². The van der Waals surface area contributed by atoms with Crippen molar-refractivity contribution in [3.8, 4) is 5.75 Å². The third-order valence-electron chi connectivity index (χ3n) is 4.72. The summed E-state index contributed by atoms with van der Waals surface area (Å²) in [5.74, 6) is -1.02. The van der Waals surface area contributed by atoms with Crippen molar-refractivity contribution in [2.45, 2.75) is 25.8 Å². The number of amides is 1. The molecule has 2 atom stereocenters. The normalized spacial score (nSPS) is 16.1. The van der Waals surface area contributed by atoms with Crippen LogP contribution in [-0.2, 0) is 32.0 Å². The Morgan fingerprint density at radius 2 is 1.97 bits per heavy atom. The van der Waals surface area contributed by atoms with Gasteiger partial charge in [0.15, 0.2) is 12.4 Å². The molecule has 0 saturated carbocycles. The number of halogens is 1. The van der Waals surface area contributed by atoms with E-state index in [1.807, 2.05) is 30.3 Å². The third kappa shape index (κ3) is 5.81. The van der Waals surface area contributed by atoms with Crippen LogP contribution < -0.4 is 10.1 Å². The smallest absolute Gasteiger partial charge is 0.313 e. The summed E-state index contributed by atoms with van der Waals surface area (Å²) in [4.78, 5) is 36.4. The lowest BCUT2D eigenvalue weighted by molar-refractivity contribution is -0.154. The van der Waals surface area contributed by atoms with Gasteiger partial charge >= 0.3 is 5.97 Å². The molecule has 0 bridgehead atoms. The molecule has 0 saturated heterocycles. The fourth-order valence-corrected chi connectivity index (χ4v) is 3.35. The Labute approximate surface area is 174 Å². The standard InChI is InChI=1S/C22H22ClNO5/c1-14(25)19(9-15-5-3-2-4-6-15)24-21(26)13-29-22(27)17-10-16-11-18(23)7-8-20(16)28-12-17/h2-8,11,17,19H,9-10,12-13H2,1H3,(H,24,26)/t17-,19+/m0/s1. The van der Waals surface area contributed by atoms with Gasteiger partial charge in [0.25, 0.3) is 5.91 Å². The molecule has 0 fully saturated rings. The van der Waals surface area contributed by atoms with E-state index in [0.717, 1.165) is 11.1 Å². The van der Waals surface area contributed by atoms with Crippen LogP contribution in [0.2, 0.25) is 5.02 Å². The molecule has 0 spiro atoms. The lowest BCUT2D eigenvalue weighted by Crippen LogP contribution is -2.43. The summed E-state index contributed by atoms with van der Waals surface area (Å²) < 4.78 is 10.7. The van der Waals surface area contributed by atoms with Crippen LogP contribution >= 0.6 is 11.6 Å². The quantitative estimate of drug-likeness (QED) is 0.703. The number of hydrogen-bond donors (Lipinski definition) is 1. The molecule has 2 aromatic rings. The van der Waals surface area contributed by atoms with Crippen molar-refractivity contribution >= 4 is 29.3 Å². The summed E-state index contributed by atoms with van der Waals surface area (Å²) in [7, 11) is 0. The fourth-order valence-electron chi connectivity index (χ4n) is 3.15. The monoisotopic (exact) mass is 415 g/mol. The average molecular weight is 416 g/mol. The molecule has 0 aliphatic carbocycles. The minimum atomic E-state index is -0.671. The maximum Gasteiger partial charge on any atom is 0.313 e. The molecule has 6 nitrogen and oxygen atoms in total. The van der Waals surface area contributed by atoms with Crippen LogP contribution in [0, 0.1) is 5.92 Å². The zero-order chi connectivity index (χ0) is 20.8. The van der Waals surface area contributed by atoms with E-state index < -0.39 is 30.4 Å². The van der Waals surface area contributed by atoms with Crippen LogP contribution in [0.1, 0.15) is 18.1 Å². The highest BCUT2D eigenvalue weighted by Gasteiger charge is 2.28. The van der Waals surface area contributed by atoms with Crippen LogP contribution in [0.5, 0.6) is 5.75 Å². The van der Waals surface area contributed by atoms with Crippen molar-refractivity contribution in [1.29, 1.82) is 0 Å². The second-order valence-electron chi connectivity index (χ2n) is 6.99. The molecule has 0 aromatic heterocycles. The Morgan fingerprint density at radius 3 is 2.69 bits per heavy atom. The molecule has 1 N–H and O–H groups in total. The Bertz CT molecular complexity index is 899. The summed E-state index contributed by atoms with van der Waals surface area (Å²) in [5, 5.41) is 3.20. The maximum atomic E-state index is 12.3. The maximum absolute atomic E-state index is 12.3. The molecule has 2 aromatic carbocycles. The Kier molecular flexibility index (Phi) is 6.88. The number of esters is 1. The number of hydrogen-bond acceptors (Lipinski definition) is 5. The van der Waals surface area contributed by atoms with Gasteiger partial charge in [-0.25, -0.2) is 0 Å². The summed E-state index contributed by atoms with van der Waals surface area (Å²) in [6, 6.07) is 14.0. The zero-order valence-corrected chi connectivity index (χ0v) is 16.8. The van der Waals surface area contributed by atoms with E-state index in [-0.39, 0.29) is 12.4 Å².